The number of aliphatic imine (C=N–C) groups is 1. The van der Waals surface area contributed by atoms with Crippen LogP contribution >= 0.6 is 24.0 Å². The average Bonchev–Trinajstić information content (AvgIpc) is 2.95. The summed E-state index contributed by atoms with van der Waals surface area (Å²) in [4.78, 5) is 9.83. The van der Waals surface area contributed by atoms with Crippen LogP contribution in [0.5, 0.6) is 0 Å². The lowest BCUT2D eigenvalue weighted by Gasteiger charge is -2.21. The molecule has 0 atom stereocenters. The molecule has 0 spiro atoms. The summed E-state index contributed by atoms with van der Waals surface area (Å²) >= 11 is 0. The van der Waals surface area contributed by atoms with Gasteiger partial charge in [0.2, 0.25) is 0 Å². The van der Waals surface area contributed by atoms with Crippen molar-refractivity contribution in [3.63, 3.8) is 0 Å². The van der Waals surface area contributed by atoms with Gasteiger partial charge in [-0.2, -0.15) is 0 Å². The summed E-state index contributed by atoms with van der Waals surface area (Å²) in [6, 6.07) is 8.41. The molecule has 0 fully saturated rings. The van der Waals surface area contributed by atoms with E-state index >= 15 is 0 Å². The molecule has 1 aromatic carbocycles. The predicted octanol–water partition coefficient (Wildman–Crippen LogP) is 3.80. The molecule has 1 aromatic heterocycles. The fourth-order valence-electron chi connectivity index (χ4n) is 2.61. The minimum absolute atomic E-state index is 0. The van der Waals surface area contributed by atoms with Gasteiger partial charge in [0.25, 0.3) is 0 Å². The number of nitrogens with zero attached hydrogens (tertiary/aromatic N) is 2. The van der Waals surface area contributed by atoms with Crippen LogP contribution in [0.4, 0.5) is 0 Å². The van der Waals surface area contributed by atoms with Gasteiger partial charge in [-0.3, -0.25) is 4.99 Å². The number of hydrogen-bond donors (Lipinski definition) is 2. The lowest BCUT2D eigenvalue weighted by molar-refractivity contribution is 0.470. The molecule has 1 heterocycles. The summed E-state index contributed by atoms with van der Waals surface area (Å²) < 4.78 is 0. The Morgan fingerprint density at radius 3 is 2.91 bits per heavy atom. The molecule has 0 amide bonds. The molecule has 0 bridgehead atoms. The number of halogens is 1. The van der Waals surface area contributed by atoms with Gasteiger partial charge in [-0.05, 0) is 30.9 Å². The first-order valence-corrected chi connectivity index (χ1v) is 7.84. The largest absolute Gasteiger partial charge is 0.361 e. The van der Waals surface area contributed by atoms with Gasteiger partial charge in [0, 0.05) is 44.3 Å². The second kappa shape index (κ2) is 10.3. The van der Waals surface area contributed by atoms with Crippen molar-refractivity contribution in [2.75, 3.05) is 27.2 Å². The molecule has 0 aliphatic rings. The number of allylic oxidation sites excluding steroid dienone is 1. The van der Waals surface area contributed by atoms with Gasteiger partial charge in [-0.25, -0.2) is 0 Å². The van der Waals surface area contributed by atoms with E-state index in [-0.39, 0.29) is 24.0 Å². The van der Waals surface area contributed by atoms with Crippen LogP contribution in [0.1, 0.15) is 18.4 Å². The zero-order chi connectivity index (χ0) is 15.8. The minimum Gasteiger partial charge on any atom is -0.361 e. The summed E-state index contributed by atoms with van der Waals surface area (Å²) in [5.41, 5.74) is 2.54. The number of aromatic nitrogens is 1. The van der Waals surface area contributed by atoms with Gasteiger partial charge in [0.1, 0.15) is 0 Å². The van der Waals surface area contributed by atoms with E-state index in [1.54, 1.807) is 0 Å². The van der Waals surface area contributed by atoms with Crippen molar-refractivity contribution in [2.24, 2.45) is 4.99 Å². The maximum Gasteiger partial charge on any atom is 0.193 e. The SMILES string of the molecule is C=CCCCN(C)C(=NC)NCCc1c[nH]c2ccccc12.I. The van der Waals surface area contributed by atoms with Crippen LogP contribution in [0.15, 0.2) is 48.1 Å². The quantitative estimate of drug-likeness (QED) is 0.233. The van der Waals surface area contributed by atoms with Crippen molar-refractivity contribution in [3.8, 4) is 0 Å². The maximum absolute atomic E-state index is 4.35. The number of para-hydroxylation sites is 1. The number of H-pyrrole nitrogens is 1. The first-order valence-electron chi connectivity index (χ1n) is 7.84. The molecule has 0 radical (unpaired) electrons. The number of rotatable bonds is 7. The highest BCUT2D eigenvalue weighted by Crippen LogP contribution is 2.17. The van der Waals surface area contributed by atoms with Crippen molar-refractivity contribution in [3.05, 3.63) is 48.7 Å². The molecule has 2 aromatic rings. The second-order valence-electron chi connectivity index (χ2n) is 5.44. The van der Waals surface area contributed by atoms with E-state index in [0.29, 0.717) is 0 Å². The molecular weight excluding hydrogens is 399 g/mol. The Kier molecular flexibility index (Phi) is 8.76. The molecule has 5 heteroatoms. The van der Waals surface area contributed by atoms with Gasteiger partial charge in [0.05, 0.1) is 0 Å². The molecule has 4 nitrogen and oxygen atoms in total. The van der Waals surface area contributed by atoms with Gasteiger partial charge >= 0.3 is 0 Å². The Hall–Kier alpha value is -1.50. The van der Waals surface area contributed by atoms with E-state index in [1.807, 2.05) is 13.1 Å². The summed E-state index contributed by atoms with van der Waals surface area (Å²) in [6.07, 6.45) is 7.17. The Morgan fingerprint density at radius 1 is 1.39 bits per heavy atom. The fourth-order valence-corrected chi connectivity index (χ4v) is 2.61. The van der Waals surface area contributed by atoms with Crippen LogP contribution in [0, 0.1) is 0 Å². The molecular formula is C18H27IN4. The zero-order valence-electron chi connectivity index (χ0n) is 14.0. The topological polar surface area (TPSA) is 43.4 Å². The highest BCUT2D eigenvalue weighted by Gasteiger charge is 2.06. The Labute approximate surface area is 156 Å². The second-order valence-corrected chi connectivity index (χ2v) is 5.44. The fraction of sp³-hybridized carbons (Fsp3) is 0.389. The van der Waals surface area contributed by atoms with Crippen LogP contribution in [0.3, 0.4) is 0 Å². The van der Waals surface area contributed by atoms with Crippen molar-refractivity contribution in [1.29, 1.82) is 0 Å². The van der Waals surface area contributed by atoms with E-state index in [9.17, 15) is 0 Å². The normalized spacial score (nSPS) is 11.1. The number of unbranched alkanes of at least 4 members (excludes halogenated alkanes) is 1. The molecule has 0 aliphatic heterocycles. The zero-order valence-corrected chi connectivity index (χ0v) is 16.3. The molecule has 0 saturated heterocycles. The summed E-state index contributed by atoms with van der Waals surface area (Å²) in [7, 11) is 3.90. The highest BCUT2D eigenvalue weighted by molar-refractivity contribution is 14.0. The van der Waals surface area contributed by atoms with E-state index in [0.717, 1.165) is 38.3 Å². The smallest absolute Gasteiger partial charge is 0.193 e. The van der Waals surface area contributed by atoms with Gasteiger partial charge in [0.15, 0.2) is 5.96 Å². The molecule has 0 saturated carbocycles. The van der Waals surface area contributed by atoms with Crippen molar-refractivity contribution >= 4 is 40.8 Å². The van der Waals surface area contributed by atoms with Crippen LogP contribution in [-0.4, -0.2) is 43.0 Å². The Bertz CT molecular complexity index is 633. The molecule has 2 N–H and O–H groups in total. The van der Waals surface area contributed by atoms with Crippen LogP contribution in [0.25, 0.3) is 10.9 Å². The van der Waals surface area contributed by atoms with Crippen molar-refractivity contribution < 1.29 is 0 Å². The molecule has 2 rings (SSSR count). The number of fused-ring (bicyclic) bond motifs is 1. The monoisotopic (exact) mass is 426 g/mol. The van der Waals surface area contributed by atoms with Gasteiger partial charge in [-0.1, -0.05) is 24.3 Å². The summed E-state index contributed by atoms with van der Waals surface area (Å²) in [5, 5.41) is 4.74. The third-order valence-electron chi connectivity index (χ3n) is 3.83. The minimum atomic E-state index is 0. The maximum atomic E-state index is 4.35. The van der Waals surface area contributed by atoms with E-state index in [1.165, 1.54) is 16.5 Å². The third kappa shape index (κ3) is 5.57. The van der Waals surface area contributed by atoms with Gasteiger partial charge < -0.3 is 15.2 Å². The molecule has 126 valence electrons. The number of hydrogen-bond acceptors (Lipinski definition) is 1. The number of guanidine groups is 1. The molecule has 0 aliphatic carbocycles. The highest BCUT2D eigenvalue weighted by atomic mass is 127. The number of aromatic amines is 1. The van der Waals surface area contributed by atoms with E-state index < -0.39 is 0 Å². The van der Waals surface area contributed by atoms with Crippen LogP contribution < -0.4 is 5.32 Å². The van der Waals surface area contributed by atoms with E-state index in [2.05, 4.69) is 64.3 Å². The Morgan fingerprint density at radius 2 is 2.17 bits per heavy atom. The third-order valence-corrected chi connectivity index (χ3v) is 3.83. The predicted molar refractivity (Wildman–Crippen MR) is 111 cm³/mol. The average molecular weight is 426 g/mol. The number of benzene rings is 1. The Balaban J connectivity index is 0.00000264. The molecule has 23 heavy (non-hydrogen) atoms. The molecule has 0 unspecified atom stereocenters. The van der Waals surface area contributed by atoms with Crippen LogP contribution in [0.2, 0.25) is 0 Å². The lowest BCUT2D eigenvalue weighted by atomic mass is 10.1. The lowest BCUT2D eigenvalue weighted by Crippen LogP contribution is -2.40. The van der Waals surface area contributed by atoms with Crippen LogP contribution in [-0.2, 0) is 6.42 Å². The number of nitrogens with one attached hydrogen (secondary N) is 2. The summed E-state index contributed by atoms with van der Waals surface area (Å²) in [5.74, 6) is 0.948. The standard InChI is InChI=1S/C18H26N4.HI/c1-4-5-8-13-22(3)18(19-2)20-12-11-15-14-21-17-10-7-6-9-16(15)17;/h4,6-7,9-10,14,21H,1,5,8,11-13H2,2-3H3,(H,19,20);1H. The van der Waals surface area contributed by atoms with Gasteiger partial charge in [-0.15, -0.1) is 30.6 Å². The van der Waals surface area contributed by atoms with Crippen molar-refractivity contribution in [1.82, 2.24) is 15.2 Å². The summed E-state index contributed by atoms with van der Waals surface area (Å²) in [6.45, 7) is 5.62. The van der Waals surface area contributed by atoms with E-state index in [4.69, 9.17) is 0 Å². The first-order chi connectivity index (χ1) is 10.8. The van der Waals surface area contributed by atoms with Crippen molar-refractivity contribution in [2.45, 2.75) is 19.3 Å². The first kappa shape index (κ1) is 19.5.